The molecule has 90 valence electrons. The highest BCUT2D eigenvalue weighted by Gasteiger charge is 2.34. The van der Waals surface area contributed by atoms with Crippen LogP contribution in [0, 0.1) is 11.8 Å². The molecular formula is C14H16O3. The molecule has 0 bridgehead atoms. The van der Waals surface area contributed by atoms with Gasteiger partial charge in [-0.25, -0.2) is 0 Å². The highest BCUT2D eigenvalue weighted by atomic mass is 16.4. The highest BCUT2D eigenvalue weighted by Crippen LogP contribution is 2.35. The maximum atomic E-state index is 12.0. The van der Waals surface area contributed by atoms with Crippen LogP contribution in [0.25, 0.3) is 0 Å². The molecule has 1 fully saturated rings. The van der Waals surface area contributed by atoms with Gasteiger partial charge in [-0.1, -0.05) is 36.8 Å². The second kappa shape index (κ2) is 5.13. The average Bonchev–Trinajstić information content (AvgIpc) is 2.78. The zero-order chi connectivity index (χ0) is 12.3. The zero-order valence-corrected chi connectivity index (χ0v) is 9.63. The molecule has 0 unspecified atom stereocenters. The van der Waals surface area contributed by atoms with Gasteiger partial charge >= 0.3 is 5.97 Å². The van der Waals surface area contributed by atoms with E-state index in [4.69, 9.17) is 5.11 Å². The van der Waals surface area contributed by atoms with Gasteiger partial charge in [-0.3, -0.25) is 9.59 Å². The lowest BCUT2D eigenvalue weighted by atomic mass is 9.89. The Balaban J connectivity index is 2.02. The Morgan fingerprint density at radius 3 is 2.53 bits per heavy atom. The Labute approximate surface area is 100 Å². The minimum Gasteiger partial charge on any atom is -0.481 e. The van der Waals surface area contributed by atoms with Crippen LogP contribution >= 0.6 is 0 Å². The molecule has 1 aliphatic carbocycles. The van der Waals surface area contributed by atoms with Gasteiger partial charge in [0.15, 0.2) is 5.78 Å². The van der Waals surface area contributed by atoms with Crippen LogP contribution in [0.5, 0.6) is 0 Å². The summed E-state index contributed by atoms with van der Waals surface area (Å²) in [7, 11) is 0. The first-order valence-corrected chi connectivity index (χ1v) is 5.99. The Morgan fingerprint density at radius 2 is 1.88 bits per heavy atom. The molecule has 0 aliphatic heterocycles. The summed E-state index contributed by atoms with van der Waals surface area (Å²) in [5.74, 6) is -1.01. The molecule has 3 nitrogen and oxygen atoms in total. The van der Waals surface area contributed by atoms with Crippen LogP contribution in [0.3, 0.4) is 0 Å². The summed E-state index contributed by atoms with van der Waals surface area (Å²) in [4.78, 5) is 23.0. The minimum absolute atomic E-state index is 0.0141. The summed E-state index contributed by atoms with van der Waals surface area (Å²) in [6, 6.07) is 9.10. The van der Waals surface area contributed by atoms with E-state index in [1.54, 1.807) is 12.1 Å². The Bertz CT molecular complexity index is 411. The van der Waals surface area contributed by atoms with Crippen molar-refractivity contribution in [2.75, 3.05) is 0 Å². The third-order valence-corrected chi connectivity index (χ3v) is 3.52. The van der Waals surface area contributed by atoms with Gasteiger partial charge < -0.3 is 5.11 Å². The number of Topliss-reactive ketones (excluding diaryl/α,β-unsaturated/α-hetero) is 1. The van der Waals surface area contributed by atoms with E-state index >= 15 is 0 Å². The van der Waals surface area contributed by atoms with Gasteiger partial charge in [0.25, 0.3) is 0 Å². The van der Waals surface area contributed by atoms with Crippen molar-refractivity contribution in [1.82, 2.24) is 0 Å². The quantitative estimate of drug-likeness (QED) is 0.812. The summed E-state index contributed by atoms with van der Waals surface area (Å²) < 4.78 is 0. The number of benzene rings is 1. The maximum absolute atomic E-state index is 12.0. The number of hydrogen-bond acceptors (Lipinski definition) is 2. The van der Waals surface area contributed by atoms with Gasteiger partial charge in [0.05, 0.1) is 5.92 Å². The van der Waals surface area contributed by atoms with E-state index in [1.165, 1.54) is 0 Å². The highest BCUT2D eigenvalue weighted by molar-refractivity contribution is 5.96. The number of carbonyl (C=O) groups is 2. The van der Waals surface area contributed by atoms with Crippen LogP contribution in [0.4, 0.5) is 0 Å². The molecular weight excluding hydrogens is 216 g/mol. The van der Waals surface area contributed by atoms with Crippen LogP contribution in [0.2, 0.25) is 0 Å². The number of ketones is 1. The minimum atomic E-state index is -0.756. The van der Waals surface area contributed by atoms with Gasteiger partial charge in [0, 0.05) is 12.0 Å². The fourth-order valence-corrected chi connectivity index (χ4v) is 2.59. The lowest BCUT2D eigenvalue weighted by Gasteiger charge is -2.14. The van der Waals surface area contributed by atoms with Crippen molar-refractivity contribution in [3.05, 3.63) is 35.9 Å². The molecule has 1 saturated carbocycles. The molecule has 1 aromatic carbocycles. The van der Waals surface area contributed by atoms with Crippen molar-refractivity contribution in [3.63, 3.8) is 0 Å². The van der Waals surface area contributed by atoms with Crippen molar-refractivity contribution in [1.29, 1.82) is 0 Å². The van der Waals surface area contributed by atoms with Crippen LogP contribution in [0.1, 0.15) is 36.0 Å². The number of hydrogen-bond donors (Lipinski definition) is 1. The second-order valence-corrected chi connectivity index (χ2v) is 4.63. The molecule has 2 atom stereocenters. The second-order valence-electron chi connectivity index (χ2n) is 4.63. The monoisotopic (exact) mass is 232 g/mol. The van der Waals surface area contributed by atoms with E-state index in [9.17, 15) is 9.59 Å². The van der Waals surface area contributed by atoms with Crippen LogP contribution in [-0.2, 0) is 4.79 Å². The molecule has 1 aliphatic rings. The number of aliphatic carboxylic acids is 1. The van der Waals surface area contributed by atoms with Crippen LogP contribution < -0.4 is 0 Å². The van der Waals surface area contributed by atoms with E-state index in [-0.39, 0.29) is 17.6 Å². The Hall–Kier alpha value is -1.64. The van der Waals surface area contributed by atoms with E-state index < -0.39 is 5.97 Å². The van der Waals surface area contributed by atoms with E-state index in [0.29, 0.717) is 18.4 Å². The molecule has 0 aromatic heterocycles. The van der Waals surface area contributed by atoms with Gasteiger partial charge in [0.2, 0.25) is 0 Å². The van der Waals surface area contributed by atoms with Crippen molar-refractivity contribution < 1.29 is 14.7 Å². The molecule has 1 aromatic rings. The first-order valence-electron chi connectivity index (χ1n) is 5.99. The zero-order valence-electron chi connectivity index (χ0n) is 9.63. The van der Waals surface area contributed by atoms with Crippen LogP contribution in [-0.4, -0.2) is 16.9 Å². The summed E-state index contributed by atoms with van der Waals surface area (Å²) in [6.07, 6.45) is 2.85. The van der Waals surface area contributed by atoms with Crippen molar-refractivity contribution in [3.8, 4) is 0 Å². The first kappa shape index (κ1) is 11.8. The third-order valence-electron chi connectivity index (χ3n) is 3.52. The lowest BCUT2D eigenvalue weighted by molar-refractivity contribution is -0.142. The standard InChI is InChI=1S/C14H16O3/c15-13(10-5-2-1-3-6-10)9-11-7-4-8-12(11)14(16)17/h1-3,5-6,11-12H,4,7-9H2,(H,16,17)/t11-,12+/m1/s1. The normalized spacial score (nSPS) is 23.5. The Morgan fingerprint density at radius 1 is 1.18 bits per heavy atom. The molecule has 0 saturated heterocycles. The summed E-state index contributed by atoms with van der Waals surface area (Å²) in [5.41, 5.74) is 0.684. The number of carbonyl (C=O) groups excluding carboxylic acids is 1. The molecule has 1 N–H and O–H groups in total. The summed E-state index contributed by atoms with van der Waals surface area (Å²) in [6.45, 7) is 0. The first-order chi connectivity index (χ1) is 8.18. The molecule has 0 spiro atoms. The largest absolute Gasteiger partial charge is 0.481 e. The Kier molecular flexibility index (Phi) is 3.57. The van der Waals surface area contributed by atoms with Gasteiger partial charge in [-0.05, 0) is 18.8 Å². The smallest absolute Gasteiger partial charge is 0.306 e. The number of carboxylic acids is 1. The van der Waals surface area contributed by atoms with Crippen molar-refractivity contribution in [2.45, 2.75) is 25.7 Å². The molecule has 3 heteroatoms. The van der Waals surface area contributed by atoms with Gasteiger partial charge in [-0.15, -0.1) is 0 Å². The topological polar surface area (TPSA) is 54.4 Å². The van der Waals surface area contributed by atoms with E-state index in [1.807, 2.05) is 18.2 Å². The fraction of sp³-hybridized carbons (Fsp3) is 0.429. The molecule has 0 radical (unpaired) electrons. The molecule has 0 amide bonds. The summed E-state index contributed by atoms with van der Waals surface area (Å²) in [5, 5.41) is 9.06. The van der Waals surface area contributed by atoms with Crippen LogP contribution in [0.15, 0.2) is 30.3 Å². The average molecular weight is 232 g/mol. The predicted molar refractivity (Wildman–Crippen MR) is 63.9 cm³/mol. The van der Waals surface area contributed by atoms with Crippen molar-refractivity contribution in [2.24, 2.45) is 11.8 Å². The maximum Gasteiger partial charge on any atom is 0.306 e. The molecule has 17 heavy (non-hydrogen) atoms. The lowest BCUT2D eigenvalue weighted by Crippen LogP contribution is -2.20. The predicted octanol–water partition coefficient (Wildman–Crippen LogP) is 2.76. The third kappa shape index (κ3) is 2.73. The molecule has 0 heterocycles. The fourth-order valence-electron chi connectivity index (χ4n) is 2.59. The van der Waals surface area contributed by atoms with Gasteiger partial charge in [0.1, 0.15) is 0 Å². The summed E-state index contributed by atoms with van der Waals surface area (Å²) >= 11 is 0. The van der Waals surface area contributed by atoms with Gasteiger partial charge in [-0.2, -0.15) is 0 Å². The van der Waals surface area contributed by atoms with E-state index in [2.05, 4.69) is 0 Å². The SMILES string of the molecule is O=C(C[C@H]1CCC[C@@H]1C(=O)O)c1ccccc1. The number of rotatable bonds is 4. The number of carboxylic acid groups (broad SMARTS) is 1. The molecule has 2 rings (SSSR count). The van der Waals surface area contributed by atoms with E-state index in [0.717, 1.165) is 12.8 Å². The van der Waals surface area contributed by atoms with Crippen molar-refractivity contribution >= 4 is 11.8 Å².